The van der Waals surface area contributed by atoms with E-state index in [-0.39, 0.29) is 0 Å². The van der Waals surface area contributed by atoms with Crippen molar-refractivity contribution in [3.8, 4) is 17.2 Å². The molecule has 4 nitrogen and oxygen atoms in total. The van der Waals surface area contributed by atoms with E-state index in [1.165, 1.54) is 27.4 Å². The van der Waals surface area contributed by atoms with Crippen LogP contribution in [0.25, 0.3) is 0 Å². The van der Waals surface area contributed by atoms with Crippen molar-refractivity contribution in [1.82, 2.24) is 0 Å². The van der Waals surface area contributed by atoms with E-state index >= 15 is 0 Å². The number of anilines is 2. The van der Waals surface area contributed by atoms with Gasteiger partial charge in [0.15, 0.2) is 11.5 Å². The van der Waals surface area contributed by atoms with Crippen LogP contribution in [0.2, 0.25) is 0 Å². The summed E-state index contributed by atoms with van der Waals surface area (Å²) in [6, 6.07) is 8.15. The molecule has 0 fully saturated rings. The molecule has 0 unspecified atom stereocenters. The van der Waals surface area contributed by atoms with Gasteiger partial charge in [0.05, 0.1) is 26.9 Å². The van der Waals surface area contributed by atoms with Gasteiger partial charge in [-0.25, -0.2) is 0 Å². The van der Waals surface area contributed by atoms with Crippen molar-refractivity contribution in [3.63, 3.8) is 0 Å². The van der Waals surface area contributed by atoms with E-state index in [4.69, 9.17) is 14.2 Å². The SMILES string of the molecule is COc1cc(Nc2cccc(C(F)(F)F)c2)cc(OC)c1OC. The molecule has 23 heavy (non-hydrogen) atoms. The lowest BCUT2D eigenvalue weighted by molar-refractivity contribution is -0.137. The van der Waals surface area contributed by atoms with Crippen molar-refractivity contribution >= 4 is 11.4 Å². The zero-order chi connectivity index (χ0) is 17.0. The molecule has 7 heteroatoms. The zero-order valence-electron chi connectivity index (χ0n) is 12.8. The van der Waals surface area contributed by atoms with Gasteiger partial charge in [-0.1, -0.05) is 6.07 Å². The Morgan fingerprint density at radius 3 is 1.91 bits per heavy atom. The van der Waals surface area contributed by atoms with Gasteiger partial charge < -0.3 is 19.5 Å². The fourth-order valence-corrected chi connectivity index (χ4v) is 2.09. The number of alkyl halides is 3. The number of benzene rings is 2. The first-order chi connectivity index (χ1) is 10.9. The summed E-state index contributed by atoms with van der Waals surface area (Å²) in [6.45, 7) is 0. The molecule has 0 spiro atoms. The predicted molar refractivity (Wildman–Crippen MR) is 80.8 cm³/mol. The largest absolute Gasteiger partial charge is 0.493 e. The monoisotopic (exact) mass is 327 g/mol. The fraction of sp³-hybridized carbons (Fsp3) is 0.250. The van der Waals surface area contributed by atoms with Crippen molar-refractivity contribution in [3.05, 3.63) is 42.0 Å². The number of nitrogens with one attached hydrogen (secondary N) is 1. The fourth-order valence-electron chi connectivity index (χ4n) is 2.09. The summed E-state index contributed by atoms with van der Waals surface area (Å²) in [5, 5.41) is 2.90. The average Bonchev–Trinajstić information content (AvgIpc) is 2.53. The Bertz CT molecular complexity index is 662. The van der Waals surface area contributed by atoms with Crippen LogP contribution >= 0.6 is 0 Å². The van der Waals surface area contributed by atoms with E-state index in [0.29, 0.717) is 28.6 Å². The number of rotatable bonds is 5. The average molecular weight is 327 g/mol. The van der Waals surface area contributed by atoms with E-state index in [1.54, 1.807) is 18.2 Å². The maximum Gasteiger partial charge on any atom is 0.416 e. The van der Waals surface area contributed by atoms with Crippen LogP contribution in [0, 0.1) is 0 Å². The van der Waals surface area contributed by atoms with Gasteiger partial charge in [-0.2, -0.15) is 13.2 Å². The summed E-state index contributed by atoms with van der Waals surface area (Å²) in [4.78, 5) is 0. The molecule has 0 amide bonds. The van der Waals surface area contributed by atoms with Crippen molar-refractivity contribution in [1.29, 1.82) is 0 Å². The van der Waals surface area contributed by atoms with Crippen molar-refractivity contribution in [2.75, 3.05) is 26.6 Å². The molecule has 1 N–H and O–H groups in total. The third-order valence-corrected chi connectivity index (χ3v) is 3.14. The van der Waals surface area contributed by atoms with Crippen LogP contribution in [0.15, 0.2) is 36.4 Å². The first-order valence-corrected chi connectivity index (χ1v) is 6.63. The van der Waals surface area contributed by atoms with Crippen molar-refractivity contribution in [2.45, 2.75) is 6.18 Å². The molecule has 124 valence electrons. The maximum absolute atomic E-state index is 12.8. The molecular weight excluding hydrogens is 311 g/mol. The number of halogens is 3. The van der Waals surface area contributed by atoms with Crippen LogP contribution in [0.3, 0.4) is 0 Å². The lowest BCUT2D eigenvalue weighted by atomic mass is 10.2. The third kappa shape index (κ3) is 3.80. The summed E-state index contributed by atoms with van der Waals surface area (Å²) in [5.41, 5.74) is 0.0860. The molecule has 2 rings (SSSR count). The molecule has 0 radical (unpaired) electrons. The second kappa shape index (κ2) is 6.68. The zero-order valence-corrected chi connectivity index (χ0v) is 12.8. The highest BCUT2D eigenvalue weighted by atomic mass is 19.4. The standard InChI is InChI=1S/C16H16F3NO3/c1-21-13-8-12(9-14(22-2)15(13)23-3)20-11-6-4-5-10(7-11)16(17,18)19/h4-9,20H,1-3H3. The second-order valence-corrected chi connectivity index (χ2v) is 4.62. The predicted octanol–water partition coefficient (Wildman–Crippen LogP) is 4.47. The van der Waals surface area contributed by atoms with Gasteiger partial charge in [-0.15, -0.1) is 0 Å². The molecule has 0 aliphatic rings. The molecule has 0 saturated heterocycles. The number of hydrogen-bond donors (Lipinski definition) is 1. The van der Waals surface area contributed by atoms with E-state index in [0.717, 1.165) is 12.1 Å². The molecule has 0 aromatic heterocycles. The molecule has 0 bridgehead atoms. The number of ether oxygens (including phenoxy) is 3. The van der Waals surface area contributed by atoms with Gasteiger partial charge in [-0.3, -0.25) is 0 Å². The van der Waals surface area contributed by atoms with E-state index in [1.807, 2.05) is 0 Å². The topological polar surface area (TPSA) is 39.7 Å². The first kappa shape index (κ1) is 16.8. The Hall–Kier alpha value is -2.57. The number of hydrogen-bond acceptors (Lipinski definition) is 4. The molecular formula is C16H16F3NO3. The Balaban J connectivity index is 2.37. The summed E-state index contributed by atoms with van der Waals surface area (Å²) < 4.78 is 53.9. The van der Waals surface area contributed by atoms with Crippen LogP contribution < -0.4 is 19.5 Å². The Morgan fingerprint density at radius 1 is 0.826 bits per heavy atom. The van der Waals surface area contributed by atoms with Gasteiger partial charge in [0.1, 0.15) is 0 Å². The molecule has 0 aliphatic heterocycles. The lowest BCUT2D eigenvalue weighted by Crippen LogP contribution is -2.05. The van der Waals surface area contributed by atoms with E-state index in [9.17, 15) is 13.2 Å². The van der Waals surface area contributed by atoms with Crippen molar-refractivity contribution < 1.29 is 27.4 Å². The van der Waals surface area contributed by atoms with Gasteiger partial charge in [0, 0.05) is 23.5 Å². The highest BCUT2D eigenvalue weighted by Crippen LogP contribution is 2.41. The quantitative estimate of drug-likeness (QED) is 0.879. The number of methoxy groups -OCH3 is 3. The minimum atomic E-state index is -4.40. The summed E-state index contributed by atoms with van der Waals surface area (Å²) in [6.07, 6.45) is -4.40. The minimum Gasteiger partial charge on any atom is -0.493 e. The van der Waals surface area contributed by atoms with Gasteiger partial charge >= 0.3 is 6.18 Å². The third-order valence-electron chi connectivity index (χ3n) is 3.14. The van der Waals surface area contributed by atoms with Crippen LogP contribution in [0.5, 0.6) is 17.2 Å². The van der Waals surface area contributed by atoms with Crippen LogP contribution in [0.4, 0.5) is 24.5 Å². The highest BCUT2D eigenvalue weighted by Gasteiger charge is 2.30. The molecule has 0 aliphatic carbocycles. The summed E-state index contributed by atoms with van der Waals surface area (Å²) in [5.74, 6) is 1.22. The molecule has 2 aromatic rings. The van der Waals surface area contributed by atoms with Gasteiger partial charge in [0.2, 0.25) is 5.75 Å². The maximum atomic E-state index is 12.8. The molecule has 2 aromatic carbocycles. The van der Waals surface area contributed by atoms with Crippen molar-refractivity contribution in [2.24, 2.45) is 0 Å². The lowest BCUT2D eigenvalue weighted by Gasteiger charge is -2.15. The minimum absolute atomic E-state index is 0.300. The summed E-state index contributed by atoms with van der Waals surface area (Å²) in [7, 11) is 4.40. The molecule has 0 heterocycles. The van der Waals surface area contributed by atoms with Gasteiger partial charge in [-0.05, 0) is 18.2 Å². The van der Waals surface area contributed by atoms with Crippen LogP contribution in [-0.2, 0) is 6.18 Å². The van der Waals surface area contributed by atoms with Crippen LogP contribution in [0.1, 0.15) is 5.56 Å². The Morgan fingerprint density at radius 2 is 1.43 bits per heavy atom. The Kier molecular flexibility index (Phi) is 4.88. The van der Waals surface area contributed by atoms with E-state index in [2.05, 4.69) is 5.32 Å². The van der Waals surface area contributed by atoms with Crippen LogP contribution in [-0.4, -0.2) is 21.3 Å². The highest BCUT2D eigenvalue weighted by molar-refractivity contribution is 5.68. The van der Waals surface area contributed by atoms with Gasteiger partial charge in [0.25, 0.3) is 0 Å². The normalized spacial score (nSPS) is 11.0. The molecule has 0 saturated carbocycles. The molecule has 0 atom stereocenters. The Labute approximate surface area is 131 Å². The first-order valence-electron chi connectivity index (χ1n) is 6.63. The smallest absolute Gasteiger partial charge is 0.416 e. The summed E-state index contributed by atoms with van der Waals surface area (Å²) >= 11 is 0. The van der Waals surface area contributed by atoms with E-state index < -0.39 is 11.7 Å². The second-order valence-electron chi connectivity index (χ2n) is 4.62.